The molecule has 0 bridgehead atoms. The van der Waals surface area contributed by atoms with Gasteiger partial charge in [-0.15, -0.1) is 12.4 Å². The van der Waals surface area contributed by atoms with Crippen molar-refractivity contribution >= 4 is 30.2 Å². The SMILES string of the molecule is COC(=O)CNC(=O)c1nc(C(F)(F)F)n2c1CN(C(=O)CC(N)Cc1cc(F)c(F)cc1F)CC2.Cl. The number of nitrogens with zero attached hydrogens (tertiary/aromatic N) is 3. The molecule has 0 saturated heterocycles. The number of carbonyl (C=O) groups is 3. The standard InChI is InChI=1S/C21H21F6N5O4.ClH/c1-36-17(34)8-29-19(35)18-15-9-31(2-3-32(15)20(30-18)21(25,26)27)16(33)6-11(28)4-10-5-13(23)14(24)7-12(10)22;/h5,7,11H,2-4,6,8-9,28H2,1H3,(H,29,35);1H. The summed E-state index contributed by atoms with van der Waals surface area (Å²) < 4.78 is 86.0. The van der Waals surface area contributed by atoms with E-state index in [1.807, 2.05) is 0 Å². The van der Waals surface area contributed by atoms with E-state index in [9.17, 15) is 40.7 Å². The van der Waals surface area contributed by atoms with E-state index in [1.54, 1.807) is 0 Å². The van der Waals surface area contributed by atoms with Gasteiger partial charge in [-0.3, -0.25) is 14.4 Å². The molecule has 1 aliphatic rings. The van der Waals surface area contributed by atoms with Crippen LogP contribution in [0.4, 0.5) is 26.3 Å². The molecule has 1 aliphatic heterocycles. The minimum Gasteiger partial charge on any atom is -0.468 e. The molecule has 1 unspecified atom stereocenters. The molecule has 0 fully saturated rings. The maximum atomic E-state index is 13.9. The molecule has 2 amide bonds. The highest BCUT2D eigenvalue weighted by molar-refractivity contribution is 5.95. The average Bonchev–Trinajstić information content (AvgIpc) is 3.20. The second-order valence-electron chi connectivity index (χ2n) is 7.98. The Bertz CT molecular complexity index is 1190. The van der Waals surface area contributed by atoms with Crippen LogP contribution in [0.5, 0.6) is 0 Å². The molecule has 204 valence electrons. The summed E-state index contributed by atoms with van der Waals surface area (Å²) in [5.74, 6) is -7.56. The van der Waals surface area contributed by atoms with Crippen LogP contribution in [0.1, 0.15) is 34.0 Å². The van der Waals surface area contributed by atoms with Crippen molar-refractivity contribution in [2.45, 2.75) is 38.1 Å². The molecule has 3 N–H and O–H groups in total. The van der Waals surface area contributed by atoms with E-state index in [-0.39, 0.29) is 49.6 Å². The number of nitrogens with two attached hydrogens (primary N) is 1. The lowest BCUT2D eigenvalue weighted by atomic mass is 10.0. The monoisotopic (exact) mass is 557 g/mol. The number of halogens is 7. The molecule has 9 nitrogen and oxygen atoms in total. The van der Waals surface area contributed by atoms with Crippen molar-refractivity contribution in [2.24, 2.45) is 5.73 Å². The van der Waals surface area contributed by atoms with E-state index in [0.29, 0.717) is 12.1 Å². The van der Waals surface area contributed by atoms with Crippen molar-refractivity contribution in [1.82, 2.24) is 19.8 Å². The lowest BCUT2D eigenvalue weighted by Gasteiger charge is -2.30. The number of hydrogen-bond donors (Lipinski definition) is 2. The van der Waals surface area contributed by atoms with Crippen LogP contribution in [0, 0.1) is 17.5 Å². The third-order valence-corrected chi connectivity index (χ3v) is 5.46. The number of carbonyl (C=O) groups excluding carboxylic acids is 3. The maximum Gasteiger partial charge on any atom is 0.449 e. The molecule has 2 heterocycles. The molecule has 1 aromatic heterocycles. The predicted molar refractivity (Wildman–Crippen MR) is 117 cm³/mol. The molecule has 37 heavy (non-hydrogen) atoms. The molecule has 1 aromatic carbocycles. The number of alkyl halides is 3. The average molecular weight is 558 g/mol. The second kappa shape index (κ2) is 11.8. The van der Waals surface area contributed by atoms with Gasteiger partial charge in [-0.1, -0.05) is 0 Å². The van der Waals surface area contributed by atoms with Gasteiger partial charge in [-0.05, 0) is 18.1 Å². The summed E-state index contributed by atoms with van der Waals surface area (Å²) in [5, 5.41) is 2.11. The van der Waals surface area contributed by atoms with Crippen LogP contribution in [0.25, 0.3) is 0 Å². The fraction of sp³-hybridized carbons (Fsp3) is 0.429. The van der Waals surface area contributed by atoms with E-state index < -0.39 is 72.1 Å². The smallest absolute Gasteiger partial charge is 0.449 e. The molecule has 0 aliphatic carbocycles. The van der Waals surface area contributed by atoms with E-state index in [2.05, 4.69) is 15.0 Å². The Labute approximate surface area is 212 Å². The van der Waals surface area contributed by atoms with Crippen LogP contribution in [-0.2, 0) is 40.0 Å². The minimum absolute atomic E-state index is 0. The molecule has 16 heteroatoms. The zero-order valence-electron chi connectivity index (χ0n) is 19.2. The molecule has 2 aromatic rings. The van der Waals surface area contributed by atoms with E-state index in [1.165, 1.54) is 0 Å². The van der Waals surface area contributed by atoms with Crippen LogP contribution < -0.4 is 11.1 Å². The number of aromatic nitrogens is 2. The summed E-state index contributed by atoms with van der Waals surface area (Å²) >= 11 is 0. The fourth-order valence-corrected chi connectivity index (χ4v) is 3.72. The van der Waals surface area contributed by atoms with E-state index >= 15 is 0 Å². The van der Waals surface area contributed by atoms with Gasteiger partial charge in [-0.25, -0.2) is 18.2 Å². The van der Waals surface area contributed by atoms with E-state index in [4.69, 9.17) is 5.73 Å². The number of esters is 1. The Morgan fingerprint density at radius 3 is 2.41 bits per heavy atom. The van der Waals surface area contributed by atoms with Crippen molar-refractivity contribution < 1.29 is 45.5 Å². The largest absolute Gasteiger partial charge is 0.468 e. The highest BCUT2D eigenvalue weighted by atomic mass is 35.5. The first-order valence-electron chi connectivity index (χ1n) is 10.5. The fourth-order valence-electron chi connectivity index (χ4n) is 3.72. The summed E-state index contributed by atoms with van der Waals surface area (Å²) in [7, 11) is 1.06. The number of imidazole rings is 1. The Balaban J connectivity index is 0.00000481. The lowest BCUT2D eigenvalue weighted by molar-refractivity contribution is -0.148. The summed E-state index contributed by atoms with van der Waals surface area (Å²) in [5.41, 5.74) is 4.82. The highest BCUT2D eigenvalue weighted by Gasteiger charge is 2.41. The van der Waals surface area contributed by atoms with Crippen LogP contribution in [0.15, 0.2) is 12.1 Å². The number of ether oxygens (including phenoxy) is 1. The number of amides is 2. The maximum absolute atomic E-state index is 13.9. The van der Waals surface area contributed by atoms with Crippen LogP contribution >= 0.6 is 12.4 Å². The molecule has 0 spiro atoms. The topological polar surface area (TPSA) is 120 Å². The van der Waals surface area contributed by atoms with Gasteiger partial charge in [0.2, 0.25) is 11.7 Å². The predicted octanol–water partition coefficient (Wildman–Crippen LogP) is 1.95. The number of fused-ring (bicyclic) bond motifs is 1. The number of rotatable bonds is 7. The third kappa shape index (κ3) is 6.91. The van der Waals surface area contributed by atoms with Crippen LogP contribution in [0.3, 0.4) is 0 Å². The minimum atomic E-state index is -4.89. The summed E-state index contributed by atoms with van der Waals surface area (Å²) in [6, 6.07) is -0.0280. The van der Waals surface area contributed by atoms with Gasteiger partial charge in [0, 0.05) is 31.6 Å². The highest BCUT2D eigenvalue weighted by Crippen LogP contribution is 2.32. The third-order valence-electron chi connectivity index (χ3n) is 5.46. The Hall–Kier alpha value is -3.33. The summed E-state index contributed by atoms with van der Waals surface area (Å²) in [6.45, 7) is -1.53. The quantitative estimate of drug-likeness (QED) is 0.305. The number of benzene rings is 1. The molecule has 0 radical (unpaired) electrons. The first-order chi connectivity index (χ1) is 16.8. The van der Waals surface area contributed by atoms with Gasteiger partial charge in [0.25, 0.3) is 5.91 Å². The molecular weight excluding hydrogens is 536 g/mol. The van der Waals surface area contributed by atoms with Gasteiger partial charge in [0.15, 0.2) is 17.3 Å². The Morgan fingerprint density at radius 2 is 1.78 bits per heavy atom. The number of nitrogens with one attached hydrogen (secondary N) is 1. The van der Waals surface area contributed by atoms with Gasteiger partial charge in [0.05, 0.1) is 19.3 Å². The second-order valence-corrected chi connectivity index (χ2v) is 7.98. The lowest BCUT2D eigenvalue weighted by Crippen LogP contribution is -2.42. The molecule has 1 atom stereocenters. The van der Waals surface area contributed by atoms with Crippen molar-refractivity contribution in [3.63, 3.8) is 0 Å². The van der Waals surface area contributed by atoms with Crippen LogP contribution in [0.2, 0.25) is 0 Å². The first kappa shape index (κ1) is 29.9. The Kier molecular flexibility index (Phi) is 9.54. The summed E-state index contributed by atoms with van der Waals surface area (Å²) in [6.07, 6.45) is -5.58. The zero-order chi connectivity index (χ0) is 26.8. The molecular formula is C21H22ClF6N5O4. The van der Waals surface area contributed by atoms with E-state index in [0.717, 1.165) is 16.6 Å². The van der Waals surface area contributed by atoms with Crippen molar-refractivity contribution in [3.8, 4) is 0 Å². The first-order valence-corrected chi connectivity index (χ1v) is 10.5. The summed E-state index contributed by atoms with van der Waals surface area (Å²) in [4.78, 5) is 41.0. The van der Waals surface area contributed by atoms with Gasteiger partial charge in [-0.2, -0.15) is 13.2 Å². The Morgan fingerprint density at radius 1 is 1.14 bits per heavy atom. The van der Waals surface area contributed by atoms with Crippen molar-refractivity contribution in [3.05, 3.63) is 52.4 Å². The number of hydrogen-bond acceptors (Lipinski definition) is 6. The normalized spacial score (nSPS) is 13.9. The van der Waals surface area contributed by atoms with Gasteiger partial charge < -0.3 is 25.3 Å². The van der Waals surface area contributed by atoms with Gasteiger partial charge >= 0.3 is 12.1 Å². The van der Waals surface area contributed by atoms with Crippen molar-refractivity contribution in [1.29, 1.82) is 0 Å². The van der Waals surface area contributed by atoms with Gasteiger partial charge in [0.1, 0.15) is 12.4 Å². The van der Waals surface area contributed by atoms with Crippen molar-refractivity contribution in [2.75, 3.05) is 20.2 Å². The zero-order valence-corrected chi connectivity index (χ0v) is 20.0. The van der Waals surface area contributed by atoms with Crippen LogP contribution in [-0.4, -0.2) is 58.5 Å². The molecule has 3 rings (SSSR count). The molecule has 0 saturated carbocycles. The number of methoxy groups -OCH3 is 1.